The largest absolute Gasteiger partial charge is 0.480 e. The maximum Gasteiger partial charge on any atom is 0.326 e. The van der Waals surface area contributed by atoms with Gasteiger partial charge in [-0.25, -0.2) is 17.9 Å². The second-order valence-electron chi connectivity index (χ2n) is 4.70. The van der Waals surface area contributed by atoms with Gasteiger partial charge in [-0.3, -0.25) is 4.79 Å². The van der Waals surface area contributed by atoms with Crippen molar-refractivity contribution >= 4 is 21.9 Å². The lowest BCUT2D eigenvalue weighted by atomic mass is 10.1. The van der Waals surface area contributed by atoms with E-state index in [4.69, 9.17) is 5.11 Å². The first-order valence-corrected chi connectivity index (χ1v) is 8.12. The fourth-order valence-electron chi connectivity index (χ4n) is 1.72. The minimum Gasteiger partial charge on any atom is -0.480 e. The van der Waals surface area contributed by atoms with Gasteiger partial charge in [0.05, 0.1) is 12.3 Å². The summed E-state index contributed by atoms with van der Waals surface area (Å²) >= 11 is 0. The number of carbonyl (C=O) groups excluding carboxylic acids is 1. The second kappa shape index (κ2) is 7.19. The number of benzene rings is 1. The van der Waals surface area contributed by atoms with Gasteiger partial charge in [0, 0.05) is 6.42 Å². The van der Waals surface area contributed by atoms with Crippen LogP contribution < -0.4 is 10.0 Å². The lowest BCUT2D eigenvalue weighted by molar-refractivity contribution is -0.141. The standard InChI is InChI=1S/C13H18N2O5S/c1-9(15-21(2,19)20)12(16)14-11(13(17)18)8-10-6-4-3-5-7-10/h3-7,9,11,15H,8H2,1-2H3,(H,14,16)(H,17,18)/t9?,11-/m1/s1. The molecule has 0 aliphatic heterocycles. The Morgan fingerprint density at radius 1 is 1.24 bits per heavy atom. The molecule has 0 heterocycles. The SMILES string of the molecule is CC(NS(C)(=O)=O)C(=O)N[C@H](Cc1ccccc1)C(=O)O. The highest BCUT2D eigenvalue weighted by Crippen LogP contribution is 2.04. The molecule has 1 aromatic carbocycles. The number of hydrogen-bond acceptors (Lipinski definition) is 4. The molecule has 0 spiro atoms. The topological polar surface area (TPSA) is 113 Å². The Balaban J connectivity index is 2.71. The van der Waals surface area contributed by atoms with Crippen LogP contribution in [0.3, 0.4) is 0 Å². The summed E-state index contributed by atoms with van der Waals surface area (Å²) in [6, 6.07) is 6.67. The number of amides is 1. The molecule has 0 saturated heterocycles. The molecule has 0 radical (unpaired) electrons. The van der Waals surface area contributed by atoms with Crippen molar-refractivity contribution in [2.45, 2.75) is 25.4 Å². The molecule has 0 aromatic heterocycles. The summed E-state index contributed by atoms with van der Waals surface area (Å²) in [4.78, 5) is 23.0. The summed E-state index contributed by atoms with van der Waals surface area (Å²) in [5, 5.41) is 11.5. The highest BCUT2D eigenvalue weighted by Gasteiger charge is 2.24. The smallest absolute Gasteiger partial charge is 0.326 e. The number of hydrogen-bond donors (Lipinski definition) is 3. The van der Waals surface area contributed by atoms with Crippen molar-refractivity contribution < 1.29 is 23.1 Å². The van der Waals surface area contributed by atoms with E-state index in [-0.39, 0.29) is 6.42 Å². The zero-order chi connectivity index (χ0) is 16.0. The van der Waals surface area contributed by atoms with Gasteiger partial charge in [0.25, 0.3) is 0 Å². The van der Waals surface area contributed by atoms with Crippen molar-refractivity contribution in [3.8, 4) is 0 Å². The first-order chi connectivity index (χ1) is 9.69. The molecule has 0 fully saturated rings. The first-order valence-electron chi connectivity index (χ1n) is 6.23. The van der Waals surface area contributed by atoms with Crippen molar-refractivity contribution in [2.75, 3.05) is 6.26 Å². The number of rotatable bonds is 7. The third kappa shape index (κ3) is 6.37. The Morgan fingerprint density at radius 3 is 2.29 bits per heavy atom. The molecule has 3 N–H and O–H groups in total. The molecule has 21 heavy (non-hydrogen) atoms. The number of carboxylic acids is 1. The van der Waals surface area contributed by atoms with Crippen LogP contribution in [0.1, 0.15) is 12.5 Å². The number of nitrogens with one attached hydrogen (secondary N) is 2. The fourth-order valence-corrected chi connectivity index (χ4v) is 2.47. The van der Waals surface area contributed by atoms with E-state index < -0.39 is 34.0 Å². The summed E-state index contributed by atoms with van der Waals surface area (Å²) in [6.45, 7) is 1.35. The molecule has 7 nitrogen and oxygen atoms in total. The van der Waals surface area contributed by atoms with Crippen LogP contribution in [0.4, 0.5) is 0 Å². The van der Waals surface area contributed by atoms with Crippen molar-refractivity contribution in [1.82, 2.24) is 10.0 Å². The van der Waals surface area contributed by atoms with Crippen molar-refractivity contribution in [3.05, 3.63) is 35.9 Å². The minimum atomic E-state index is -3.54. The van der Waals surface area contributed by atoms with E-state index >= 15 is 0 Å². The quantitative estimate of drug-likeness (QED) is 0.641. The van der Waals surface area contributed by atoms with E-state index in [0.29, 0.717) is 0 Å². The molecule has 0 aliphatic rings. The minimum absolute atomic E-state index is 0.119. The Labute approximate surface area is 123 Å². The molecular weight excluding hydrogens is 296 g/mol. The fraction of sp³-hybridized carbons (Fsp3) is 0.385. The maximum atomic E-state index is 11.8. The van der Waals surface area contributed by atoms with Crippen LogP contribution in [0.15, 0.2) is 30.3 Å². The number of sulfonamides is 1. The van der Waals surface area contributed by atoms with Gasteiger partial charge < -0.3 is 10.4 Å². The van der Waals surface area contributed by atoms with Crippen molar-refractivity contribution in [3.63, 3.8) is 0 Å². The monoisotopic (exact) mass is 314 g/mol. The van der Waals surface area contributed by atoms with Gasteiger partial charge in [-0.15, -0.1) is 0 Å². The second-order valence-corrected chi connectivity index (χ2v) is 6.48. The molecule has 0 aliphatic carbocycles. The molecule has 2 atom stereocenters. The molecule has 1 unspecified atom stereocenters. The molecule has 1 rings (SSSR count). The predicted molar refractivity (Wildman–Crippen MR) is 77.2 cm³/mol. The van der Waals surface area contributed by atoms with Crippen molar-refractivity contribution in [1.29, 1.82) is 0 Å². The third-order valence-electron chi connectivity index (χ3n) is 2.68. The van der Waals surface area contributed by atoms with E-state index in [0.717, 1.165) is 11.8 Å². The van der Waals surface area contributed by atoms with Crippen LogP contribution in [0, 0.1) is 0 Å². The molecule has 1 aromatic rings. The summed E-state index contributed by atoms with van der Waals surface area (Å²) in [5.41, 5.74) is 0.758. The van der Waals surface area contributed by atoms with Gasteiger partial charge in [-0.2, -0.15) is 0 Å². The highest BCUT2D eigenvalue weighted by atomic mass is 32.2. The molecule has 0 bridgehead atoms. The lowest BCUT2D eigenvalue weighted by Crippen LogP contribution is -2.50. The van der Waals surface area contributed by atoms with E-state index in [1.165, 1.54) is 6.92 Å². The average Bonchev–Trinajstić information content (AvgIpc) is 2.36. The van der Waals surface area contributed by atoms with Gasteiger partial charge in [0.2, 0.25) is 15.9 Å². The molecule has 0 saturated carbocycles. The van der Waals surface area contributed by atoms with Gasteiger partial charge in [-0.05, 0) is 12.5 Å². The van der Waals surface area contributed by atoms with Gasteiger partial charge >= 0.3 is 5.97 Å². The van der Waals surface area contributed by atoms with E-state index in [1.54, 1.807) is 30.3 Å². The Bertz CT molecular complexity index is 600. The summed E-state index contributed by atoms with van der Waals surface area (Å²) < 4.78 is 24.2. The van der Waals surface area contributed by atoms with Crippen molar-refractivity contribution in [2.24, 2.45) is 0 Å². The zero-order valence-corrected chi connectivity index (χ0v) is 12.6. The Kier molecular flexibility index (Phi) is 5.86. The highest BCUT2D eigenvalue weighted by molar-refractivity contribution is 7.88. The number of carboxylic acid groups (broad SMARTS) is 1. The third-order valence-corrected chi connectivity index (χ3v) is 3.46. The number of aliphatic carboxylic acids is 1. The van der Waals surface area contributed by atoms with Crippen LogP contribution in [0.2, 0.25) is 0 Å². The summed E-state index contributed by atoms with van der Waals surface area (Å²) in [5.74, 6) is -1.87. The Morgan fingerprint density at radius 2 is 1.81 bits per heavy atom. The molecule has 8 heteroatoms. The van der Waals surface area contributed by atoms with Gasteiger partial charge in [0.15, 0.2) is 0 Å². The van der Waals surface area contributed by atoms with Gasteiger partial charge in [-0.1, -0.05) is 30.3 Å². The van der Waals surface area contributed by atoms with Crippen LogP contribution in [0.25, 0.3) is 0 Å². The average molecular weight is 314 g/mol. The van der Waals surface area contributed by atoms with Crippen LogP contribution >= 0.6 is 0 Å². The maximum absolute atomic E-state index is 11.8. The predicted octanol–water partition coefficient (Wildman–Crippen LogP) is -0.264. The first kappa shape index (κ1) is 17.1. The van der Waals surface area contributed by atoms with Crippen LogP contribution in [-0.2, 0) is 26.0 Å². The Hall–Kier alpha value is -1.93. The summed E-state index contributed by atoms with van der Waals surface area (Å²) in [7, 11) is -3.54. The van der Waals surface area contributed by atoms with E-state index in [9.17, 15) is 18.0 Å². The normalized spacial score (nSPS) is 14.2. The van der Waals surface area contributed by atoms with Crippen LogP contribution in [0.5, 0.6) is 0 Å². The van der Waals surface area contributed by atoms with Crippen LogP contribution in [-0.4, -0.2) is 43.7 Å². The van der Waals surface area contributed by atoms with E-state index in [1.807, 2.05) is 0 Å². The molecule has 116 valence electrons. The van der Waals surface area contributed by atoms with E-state index in [2.05, 4.69) is 10.0 Å². The lowest BCUT2D eigenvalue weighted by Gasteiger charge is -2.18. The number of carbonyl (C=O) groups is 2. The molecular formula is C13H18N2O5S. The molecule has 1 amide bonds. The summed E-state index contributed by atoms with van der Waals surface area (Å²) in [6.07, 6.45) is 1.04. The zero-order valence-electron chi connectivity index (χ0n) is 11.7. The van der Waals surface area contributed by atoms with Gasteiger partial charge in [0.1, 0.15) is 6.04 Å².